The summed E-state index contributed by atoms with van der Waals surface area (Å²) in [5, 5.41) is 8.05. The van der Waals surface area contributed by atoms with Gasteiger partial charge >= 0.3 is 0 Å². The molecule has 2 aromatic rings. The van der Waals surface area contributed by atoms with Crippen molar-refractivity contribution in [2.45, 2.75) is 44.7 Å². The van der Waals surface area contributed by atoms with Crippen LogP contribution in [0.5, 0.6) is 0 Å². The second-order valence-corrected chi connectivity index (χ2v) is 7.46. The first-order valence-electron chi connectivity index (χ1n) is 8.28. The monoisotopic (exact) mass is 363 g/mol. The molecular formula is C17H22FN5OS. The van der Waals surface area contributed by atoms with E-state index in [-0.39, 0.29) is 29.3 Å². The molecule has 0 bridgehead atoms. The molecule has 3 rings (SSSR count). The van der Waals surface area contributed by atoms with Gasteiger partial charge in [-0.05, 0) is 31.9 Å². The van der Waals surface area contributed by atoms with Crippen molar-refractivity contribution in [3.63, 3.8) is 0 Å². The Balaban J connectivity index is 1.90. The number of amides is 1. The lowest BCUT2D eigenvalue weighted by Crippen LogP contribution is -2.43. The average Bonchev–Trinajstić information content (AvgIpc) is 2.97. The lowest BCUT2D eigenvalue weighted by molar-refractivity contribution is 0.100. The quantitative estimate of drug-likeness (QED) is 0.653. The SMILES string of the molecule is Cc1cc(Nc2nc(NC3CCCC[C@@H]3N)c(F)cc2C(N)=O)cs1. The number of hydrogen-bond acceptors (Lipinski definition) is 6. The van der Waals surface area contributed by atoms with E-state index in [1.165, 1.54) is 0 Å². The molecule has 8 heteroatoms. The Morgan fingerprint density at radius 1 is 1.32 bits per heavy atom. The highest BCUT2D eigenvalue weighted by molar-refractivity contribution is 7.10. The smallest absolute Gasteiger partial charge is 0.252 e. The second kappa shape index (κ2) is 7.37. The molecule has 0 radical (unpaired) electrons. The van der Waals surface area contributed by atoms with E-state index in [2.05, 4.69) is 15.6 Å². The van der Waals surface area contributed by atoms with E-state index in [4.69, 9.17) is 11.5 Å². The molecule has 0 spiro atoms. The van der Waals surface area contributed by atoms with Gasteiger partial charge in [-0.3, -0.25) is 4.79 Å². The van der Waals surface area contributed by atoms with Crippen LogP contribution < -0.4 is 22.1 Å². The van der Waals surface area contributed by atoms with Crippen molar-refractivity contribution in [2.24, 2.45) is 11.5 Å². The molecule has 1 aliphatic rings. The third kappa shape index (κ3) is 4.08. The minimum Gasteiger partial charge on any atom is -0.365 e. The molecule has 0 aliphatic heterocycles. The maximum atomic E-state index is 14.4. The van der Waals surface area contributed by atoms with Gasteiger partial charge in [-0.15, -0.1) is 11.3 Å². The Morgan fingerprint density at radius 2 is 2.08 bits per heavy atom. The van der Waals surface area contributed by atoms with Crippen molar-refractivity contribution in [3.8, 4) is 0 Å². The third-order valence-electron chi connectivity index (χ3n) is 4.38. The van der Waals surface area contributed by atoms with Gasteiger partial charge in [0.25, 0.3) is 5.91 Å². The number of aromatic nitrogens is 1. The summed E-state index contributed by atoms with van der Waals surface area (Å²) in [6, 6.07) is 2.96. The van der Waals surface area contributed by atoms with Crippen LogP contribution in [0.15, 0.2) is 17.5 Å². The lowest BCUT2D eigenvalue weighted by Gasteiger charge is -2.30. The van der Waals surface area contributed by atoms with E-state index in [1.807, 2.05) is 18.4 Å². The predicted octanol–water partition coefficient (Wildman–Crippen LogP) is 3.11. The van der Waals surface area contributed by atoms with Crippen molar-refractivity contribution in [1.29, 1.82) is 0 Å². The number of anilines is 3. The van der Waals surface area contributed by atoms with Gasteiger partial charge in [0.15, 0.2) is 11.6 Å². The Kier molecular flexibility index (Phi) is 5.19. The summed E-state index contributed by atoms with van der Waals surface area (Å²) in [7, 11) is 0. The molecule has 1 saturated carbocycles. The summed E-state index contributed by atoms with van der Waals surface area (Å²) in [6.45, 7) is 1.97. The third-order valence-corrected chi connectivity index (χ3v) is 5.24. The Hall–Kier alpha value is -2.19. The zero-order chi connectivity index (χ0) is 18.0. The molecule has 0 saturated heterocycles. The molecule has 2 atom stereocenters. The normalized spacial score (nSPS) is 20.3. The number of thiophene rings is 1. The first-order valence-corrected chi connectivity index (χ1v) is 9.16. The van der Waals surface area contributed by atoms with E-state index in [0.717, 1.165) is 42.3 Å². The molecule has 2 heterocycles. The molecule has 2 aromatic heterocycles. The van der Waals surface area contributed by atoms with E-state index in [0.29, 0.717) is 0 Å². The minimum atomic E-state index is -0.734. The molecule has 134 valence electrons. The van der Waals surface area contributed by atoms with Crippen LogP contribution in [0, 0.1) is 12.7 Å². The fourth-order valence-corrected chi connectivity index (χ4v) is 3.67. The number of pyridine rings is 1. The van der Waals surface area contributed by atoms with Crippen LogP contribution in [0.1, 0.15) is 40.9 Å². The lowest BCUT2D eigenvalue weighted by atomic mass is 9.91. The Labute approximate surface area is 149 Å². The molecule has 0 aromatic carbocycles. The summed E-state index contributed by atoms with van der Waals surface area (Å²) >= 11 is 1.56. The number of primary amides is 1. The standard InChI is InChI=1S/C17H22FN5OS/c1-9-6-10(8-25-9)21-16-11(15(20)24)7-12(18)17(23-16)22-14-5-3-2-4-13(14)19/h6-8,13-14H,2-5,19H2,1H3,(H2,20,24)(H2,21,22,23)/t13-,14?/m0/s1. The van der Waals surface area contributed by atoms with Crippen LogP contribution in [0.4, 0.5) is 21.7 Å². The van der Waals surface area contributed by atoms with Crippen LogP contribution in [0.3, 0.4) is 0 Å². The fraction of sp³-hybridized carbons (Fsp3) is 0.412. The number of carbonyl (C=O) groups excluding carboxylic acids is 1. The number of aryl methyl sites for hydroxylation is 1. The van der Waals surface area contributed by atoms with Crippen LogP contribution in [-0.4, -0.2) is 23.0 Å². The summed E-state index contributed by atoms with van der Waals surface area (Å²) in [5.74, 6) is -1.03. The molecule has 1 fully saturated rings. The van der Waals surface area contributed by atoms with Gasteiger partial charge in [-0.1, -0.05) is 12.8 Å². The second-order valence-electron chi connectivity index (χ2n) is 6.35. The van der Waals surface area contributed by atoms with Crippen molar-refractivity contribution in [3.05, 3.63) is 33.8 Å². The van der Waals surface area contributed by atoms with Gasteiger partial charge in [0, 0.05) is 22.3 Å². The minimum absolute atomic E-state index is 0.0137. The highest BCUT2D eigenvalue weighted by atomic mass is 32.1. The zero-order valence-corrected chi connectivity index (χ0v) is 14.8. The van der Waals surface area contributed by atoms with Gasteiger partial charge in [-0.2, -0.15) is 0 Å². The number of halogens is 1. The first-order chi connectivity index (χ1) is 11.9. The number of carbonyl (C=O) groups is 1. The largest absolute Gasteiger partial charge is 0.365 e. The van der Waals surface area contributed by atoms with Crippen LogP contribution >= 0.6 is 11.3 Å². The van der Waals surface area contributed by atoms with Crippen molar-refractivity contribution >= 4 is 34.6 Å². The topological polar surface area (TPSA) is 106 Å². The maximum absolute atomic E-state index is 14.4. The highest BCUT2D eigenvalue weighted by Crippen LogP contribution is 2.28. The predicted molar refractivity (Wildman–Crippen MR) is 98.9 cm³/mol. The van der Waals surface area contributed by atoms with Gasteiger partial charge in [-0.25, -0.2) is 9.37 Å². The van der Waals surface area contributed by atoms with Crippen molar-refractivity contribution in [2.75, 3.05) is 10.6 Å². The molecule has 1 aliphatic carbocycles. The van der Waals surface area contributed by atoms with E-state index >= 15 is 0 Å². The first kappa shape index (κ1) is 17.6. The van der Waals surface area contributed by atoms with Crippen LogP contribution in [0.25, 0.3) is 0 Å². The van der Waals surface area contributed by atoms with Gasteiger partial charge in [0.1, 0.15) is 5.82 Å². The fourth-order valence-electron chi connectivity index (χ4n) is 3.03. The van der Waals surface area contributed by atoms with Crippen molar-refractivity contribution in [1.82, 2.24) is 4.98 Å². The number of hydrogen-bond donors (Lipinski definition) is 4. The molecule has 6 nitrogen and oxygen atoms in total. The summed E-state index contributed by atoms with van der Waals surface area (Å²) < 4.78 is 14.4. The molecular weight excluding hydrogens is 341 g/mol. The number of rotatable bonds is 5. The summed E-state index contributed by atoms with van der Waals surface area (Å²) in [6.07, 6.45) is 3.90. The number of nitrogens with zero attached hydrogens (tertiary/aromatic N) is 1. The van der Waals surface area contributed by atoms with Crippen molar-refractivity contribution < 1.29 is 9.18 Å². The average molecular weight is 363 g/mol. The number of nitrogens with two attached hydrogens (primary N) is 2. The molecule has 6 N–H and O–H groups in total. The van der Waals surface area contributed by atoms with E-state index < -0.39 is 11.7 Å². The molecule has 1 amide bonds. The Morgan fingerprint density at radius 3 is 2.72 bits per heavy atom. The summed E-state index contributed by atoms with van der Waals surface area (Å²) in [4.78, 5) is 17.0. The highest BCUT2D eigenvalue weighted by Gasteiger charge is 2.24. The van der Waals surface area contributed by atoms with Gasteiger partial charge in [0.2, 0.25) is 0 Å². The molecule has 25 heavy (non-hydrogen) atoms. The Bertz CT molecular complexity index is 778. The van der Waals surface area contributed by atoms with E-state index in [9.17, 15) is 9.18 Å². The van der Waals surface area contributed by atoms with E-state index in [1.54, 1.807) is 11.3 Å². The van der Waals surface area contributed by atoms with Gasteiger partial charge < -0.3 is 22.1 Å². The number of nitrogens with one attached hydrogen (secondary N) is 2. The molecule has 1 unspecified atom stereocenters. The van der Waals surface area contributed by atoms with Crippen LogP contribution in [0.2, 0.25) is 0 Å². The van der Waals surface area contributed by atoms with Gasteiger partial charge in [0.05, 0.1) is 11.3 Å². The maximum Gasteiger partial charge on any atom is 0.252 e. The van der Waals surface area contributed by atoms with Crippen LogP contribution in [-0.2, 0) is 0 Å². The summed E-state index contributed by atoms with van der Waals surface area (Å²) in [5.41, 5.74) is 12.3. The zero-order valence-electron chi connectivity index (χ0n) is 14.0.